The lowest BCUT2D eigenvalue weighted by atomic mass is 10.1. The molecule has 1 aromatic carbocycles. The van der Waals surface area contributed by atoms with E-state index in [4.69, 9.17) is 13.9 Å². The second-order valence-corrected chi connectivity index (χ2v) is 7.08. The Kier molecular flexibility index (Phi) is 7.16. The first-order chi connectivity index (χ1) is 14.1. The summed E-state index contributed by atoms with van der Waals surface area (Å²) in [5.41, 5.74) is 0.927. The lowest BCUT2D eigenvalue weighted by Gasteiger charge is -2.27. The first-order valence-electron chi connectivity index (χ1n) is 10.1. The third kappa shape index (κ3) is 5.53. The van der Waals surface area contributed by atoms with Crippen molar-refractivity contribution in [1.82, 2.24) is 9.80 Å². The molecule has 1 aliphatic rings. The van der Waals surface area contributed by atoms with Gasteiger partial charge >= 0.3 is 0 Å². The van der Waals surface area contributed by atoms with Crippen LogP contribution in [0.3, 0.4) is 0 Å². The van der Waals surface area contributed by atoms with E-state index in [9.17, 15) is 9.59 Å². The van der Waals surface area contributed by atoms with Gasteiger partial charge in [0.25, 0.3) is 0 Å². The van der Waals surface area contributed by atoms with Crippen LogP contribution in [0.2, 0.25) is 0 Å². The Morgan fingerprint density at radius 2 is 1.79 bits per heavy atom. The van der Waals surface area contributed by atoms with Crippen LogP contribution in [0.15, 0.2) is 41.0 Å². The number of nitrogens with zero attached hydrogens (tertiary/aromatic N) is 2. The monoisotopic (exact) mass is 400 g/mol. The molecule has 29 heavy (non-hydrogen) atoms. The third-order valence-corrected chi connectivity index (χ3v) is 4.73. The Morgan fingerprint density at radius 3 is 2.52 bits per heavy atom. The van der Waals surface area contributed by atoms with E-state index >= 15 is 0 Å². The highest BCUT2D eigenvalue weighted by Crippen LogP contribution is 2.33. The summed E-state index contributed by atoms with van der Waals surface area (Å²) in [6.07, 6.45) is 3.62. The summed E-state index contributed by atoms with van der Waals surface area (Å²) < 4.78 is 16.2. The lowest BCUT2D eigenvalue weighted by Crippen LogP contribution is -2.42. The van der Waals surface area contributed by atoms with Gasteiger partial charge in [0, 0.05) is 19.5 Å². The van der Waals surface area contributed by atoms with Crippen molar-refractivity contribution in [2.75, 3.05) is 19.9 Å². The Balaban J connectivity index is 1.75. The molecule has 156 valence electrons. The van der Waals surface area contributed by atoms with E-state index in [1.165, 1.54) is 0 Å². The van der Waals surface area contributed by atoms with Gasteiger partial charge in [-0.25, -0.2) is 0 Å². The van der Waals surface area contributed by atoms with E-state index in [-0.39, 0.29) is 25.2 Å². The maximum Gasteiger partial charge on any atom is 0.242 e. The number of furan rings is 1. The zero-order valence-electron chi connectivity index (χ0n) is 17.1. The predicted octanol–water partition coefficient (Wildman–Crippen LogP) is 3.58. The van der Waals surface area contributed by atoms with Gasteiger partial charge < -0.3 is 23.7 Å². The zero-order valence-corrected chi connectivity index (χ0v) is 17.1. The van der Waals surface area contributed by atoms with E-state index in [1.54, 1.807) is 22.1 Å². The van der Waals surface area contributed by atoms with Gasteiger partial charge in [-0.2, -0.15) is 0 Å². The molecule has 7 nitrogen and oxygen atoms in total. The number of carbonyl (C=O) groups is 2. The summed E-state index contributed by atoms with van der Waals surface area (Å²) >= 11 is 0. The van der Waals surface area contributed by atoms with Gasteiger partial charge in [-0.05, 0) is 42.7 Å². The number of rotatable bonds is 10. The molecule has 0 unspecified atom stereocenters. The highest BCUT2D eigenvalue weighted by molar-refractivity contribution is 5.84. The summed E-state index contributed by atoms with van der Waals surface area (Å²) in [4.78, 5) is 28.9. The van der Waals surface area contributed by atoms with Gasteiger partial charge in [0.15, 0.2) is 11.5 Å². The van der Waals surface area contributed by atoms with Crippen molar-refractivity contribution >= 4 is 11.8 Å². The number of hydrogen-bond donors (Lipinski definition) is 0. The van der Waals surface area contributed by atoms with Crippen LogP contribution in [-0.4, -0.2) is 41.5 Å². The van der Waals surface area contributed by atoms with Crippen LogP contribution in [0.5, 0.6) is 11.5 Å². The SMILES string of the molecule is CCCC(=O)N(CCC)CC(=O)N(Cc1ccc2c(c1)OCO2)Cc1ccco1. The molecule has 0 atom stereocenters. The van der Waals surface area contributed by atoms with E-state index in [0.717, 1.165) is 18.4 Å². The van der Waals surface area contributed by atoms with Crippen molar-refractivity contribution in [3.8, 4) is 11.5 Å². The van der Waals surface area contributed by atoms with E-state index in [1.807, 2.05) is 38.1 Å². The molecule has 0 fully saturated rings. The lowest BCUT2D eigenvalue weighted by molar-refractivity contribution is -0.141. The second-order valence-electron chi connectivity index (χ2n) is 7.08. The molecule has 0 bridgehead atoms. The van der Waals surface area contributed by atoms with Crippen LogP contribution in [-0.2, 0) is 22.7 Å². The van der Waals surface area contributed by atoms with Crippen molar-refractivity contribution in [3.63, 3.8) is 0 Å². The van der Waals surface area contributed by atoms with Crippen LogP contribution in [0.1, 0.15) is 44.4 Å². The molecule has 2 aromatic rings. The molecule has 0 saturated heterocycles. The zero-order chi connectivity index (χ0) is 20.6. The normalized spacial score (nSPS) is 12.1. The van der Waals surface area contributed by atoms with E-state index in [2.05, 4.69) is 0 Å². The molecule has 7 heteroatoms. The van der Waals surface area contributed by atoms with Gasteiger partial charge in [0.2, 0.25) is 18.6 Å². The fourth-order valence-corrected chi connectivity index (χ4v) is 3.28. The van der Waals surface area contributed by atoms with Crippen LogP contribution < -0.4 is 9.47 Å². The summed E-state index contributed by atoms with van der Waals surface area (Å²) in [6, 6.07) is 9.29. The Bertz CT molecular complexity index is 819. The molecule has 2 heterocycles. The minimum absolute atomic E-state index is 0.0173. The standard InChI is InChI=1S/C22H28N2O5/c1-3-6-21(25)23(10-4-2)15-22(26)24(14-18-7-5-11-27-18)13-17-8-9-19-20(12-17)29-16-28-19/h5,7-9,11-12H,3-4,6,10,13-16H2,1-2H3. The van der Waals surface area contributed by atoms with Crippen molar-refractivity contribution in [2.24, 2.45) is 0 Å². The minimum Gasteiger partial charge on any atom is -0.467 e. The molecule has 1 aliphatic heterocycles. The number of benzene rings is 1. The second kappa shape index (κ2) is 10.0. The molecule has 0 N–H and O–H groups in total. The Labute approximate surface area is 171 Å². The number of ether oxygens (including phenoxy) is 2. The molecule has 3 rings (SSSR count). The van der Waals surface area contributed by atoms with Crippen molar-refractivity contribution in [3.05, 3.63) is 47.9 Å². The van der Waals surface area contributed by atoms with Gasteiger partial charge in [-0.1, -0.05) is 19.9 Å². The minimum atomic E-state index is -0.114. The largest absolute Gasteiger partial charge is 0.467 e. The van der Waals surface area contributed by atoms with Gasteiger partial charge in [0.1, 0.15) is 5.76 Å². The van der Waals surface area contributed by atoms with Crippen molar-refractivity contribution in [2.45, 2.75) is 46.2 Å². The Hall–Kier alpha value is -2.96. The van der Waals surface area contributed by atoms with E-state index in [0.29, 0.717) is 43.3 Å². The first kappa shape index (κ1) is 20.8. The fourth-order valence-electron chi connectivity index (χ4n) is 3.28. The summed E-state index contributed by atoms with van der Waals surface area (Å²) in [6.45, 7) is 5.54. The van der Waals surface area contributed by atoms with Crippen LogP contribution in [0, 0.1) is 0 Å². The average Bonchev–Trinajstić information content (AvgIpc) is 3.38. The third-order valence-electron chi connectivity index (χ3n) is 4.73. The summed E-state index contributed by atoms with van der Waals surface area (Å²) in [5.74, 6) is 1.98. The van der Waals surface area contributed by atoms with Crippen molar-refractivity contribution in [1.29, 1.82) is 0 Å². The topological polar surface area (TPSA) is 72.2 Å². The molecule has 0 spiro atoms. The van der Waals surface area contributed by atoms with Crippen molar-refractivity contribution < 1.29 is 23.5 Å². The van der Waals surface area contributed by atoms with Gasteiger partial charge in [0.05, 0.1) is 19.4 Å². The highest BCUT2D eigenvalue weighted by atomic mass is 16.7. The molecule has 0 aliphatic carbocycles. The first-order valence-corrected chi connectivity index (χ1v) is 10.1. The molecule has 2 amide bonds. The van der Waals surface area contributed by atoms with Gasteiger partial charge in [-0.15, -0.1) is 0 Å². The molecular weight excluding hydrogens is 372 g/mol. The molecular formula is C22H28N2O5. The molecule has 1 aromatic heterocycles. The maximum atomic E-state index is 13.1. The fraction of sp³-hybridized carbons (Fsp3) is 0.455. The molecule has 0 saturated carbocycles. The van der Waals surface area contributed by atoms with E-state index < -0.39 is 0 Å². The number of carbonyl (C=O) groups excluding carboxylic acids is 2. The highest BCUT2D eigenvalue weighted by Gasteiger charge is 2.22. The number of fused-ring (bicyclic) bond motifs is 1. The number of amides is 2. The predicted molar refractivity (Wildman–Crippen MR) is 107 cm³/mol. The average molecular weight is 400 g/mol. The smallest absolute Gasteiger partial charge is 0.242 e. The summed E-state index contributed by atoms with van der Waals surface area (Å²) in [7, 11) is 0. The quantitative estimate of drug-likeness (QED) is 0.610. The maximum absolute atomic E-state index is 13.1. The van der Waals surface area contributed by atoms with Crippen LogP contribution in [0.4, 0.5) is 0 Å². The summed E-state index contributed by atoms with van der Waals surface area (Å²) in [5, 5.41) is 0. The van der Waals surface area contributed by atoms with Gasteiger partial charge in [-0.3, -0.25) is 9.59 Å². The molecule has 0 radical (unpaired) electrons. The number of hydrogen-bond acceptors (Lipinski definition) is 5. The Morgan fingerprint density at radius 1 is 0.966 bits per heavy atom. The van der Waals surface area contributed by atoms with Crippen LogP contribution >= 0.6 is 0 Å². The van der Waals surface area contributed by atoms with Crippen LogP contribution in [0.25, 0.3) is 0 Å².